The average Bonchev–Trinajstić information content (AvgIpc) is 3.07. The highest BCUT2D eigenvalue weighted by atomic mass is 16.1. The van der Waals surface area contributed by atoms with Gasteiger partial charge in [-0.2, -0.15) is 5.10 Å². The van der Waals surface area contributed by atoms with Crippen molar-refractivity contribution >= 4 is 10.9 Å². The van der Waals surface area contributed by atoms with Crippen LogP contribution in [0.5, 0.6) is 0 Å². The van der Waals surface area contributed by atoms with Gasteiger partial charge in [-0.25, -0.2) is 19.4 Å². The van der Waals surface area contributed by atoms with E-state index in [9.17, 15) is 4.79 Å². The summed E-state index contributed by atoms with van der Waals surface area (Å²) in [5.74, 6) is 1.57. The summed E-state index contributed by atoms with van der Waals surface area (Å²) in [5, 5.41) is 5.71. The maximum atomic E-state index is 12.0. The average molecular weight is 346 g/mol. The maximum absolute atomic E-state index is 12.0. The van der Waals surface area contributed by atoms with E-state index < -0.39 is 0 Å². The van der Waals surface area contributed by atoms with Crippen LogP contribution in [0.4, 0.5) is 0 Å². The molecular formula is C19H18N6O. The van der Waals surface area contributed by atoms with Gasteiger partial charge in [0.2, 0.25) is 0 Å². The zero-order chi connectivity index (χ0) is 18.1. The van der Waals surface area contributed by atoms with Gasteiger partial charge < -0.3 is 0 Å². The Morgan fingerprint density at radius 3 is 2.65 bits per heavy atom. The topological polar surface area (TPSA) is 78.5 Å². The molecule has 0 aliphatic carbocycles. The Bertz CT molecular complexity index is 1120. The highest BCUT2D eigenvalue weighted by Crippen LogP contribution is 2.22. The minimum absolute atomic E-state index is 0.170. The van der Waals surface area contributed by atoms with Crippen LogP contribution in [-0.2, 0) is 6.54 Å². The Hall–Kier alpha value is -3.35. The first-order chi connectivity index (χ1) is 12.6. The number of aromatic nitrogens is 6. The highest BCUT2D eigenvalue weighted by molar-refractivity contribution is 5.86. The monoisotopic (exact) mass is 346 g/mol. The van der Waals surface area contributed by atoms with E-state index in [1.807, 2.05) is 44.2 Å². The summed E-state index contributed by atoms with van der Waals surface area (Å²) >= 11 is 0. The van der Waals surface area contributed by atoms with E-state index in [1.54, 1.807) is 23.1 Å². The molecule has 130 valence electrons. The molecule has 0 unspecified atom stereocenters. The molecule has 26 heavy (non-hydrogen) atoms. The number of pyridine rings is 1. The number of hydrogen-bond donors (Lipinski definition) is 0. The third-order valence-electron chi connectivity index (χ3n) is 4.14. The van der Waals surface area contributed by atoms with Crippen molar-refractivity contribution in [3.8, 4) is 5.69 Å². The van der Waals surface area contributed by atoms with Gasteiger partial charge in [0.15, 0.2) is 11.6 Å². The van der Waals surface area contributed by atoms with Gasteiger partial charge in [-0.3, -0.25) is 9.55 Å². The van der Waals surface area contributed by atoms with Crippen LogP contribution in [0.1, 0.15) is 31.4 Å². The largest absolute Gasteiger partial charge is 0.347 e. The summed E-state index contributed by atoms with van der Waals surface area (Å²) < 4.78 is 3.30. The van der Waals surface area contributed by atoms with E-state index in [0.717, 1.165) is 22.4 Å². The normalized spacial score (nSPS) is 11.3. The molecule has 0 spiro atoms. The van der Waals surface area contributed by atoms with Gasteiger partial charge in [0.05, 0.1) is 17.7 Å². The summed E-state index contributed by atoms with van der Waals surface area (Å²) in [6.07, 6.45) is 4.94. The van der Waals surface area contributed by atoms with Crippen LogP contribution in [0.3, 0.4) is 0 Å². The fourth-order valence-electron chi connectivity index (χ4n) is 2.82. The smallest absolute Gasteiger partial charge is 0.292 e. The molecule has 7 nitrogen and oxygen atoms in total. The quantitative estimate of drug-likeness (QED) is 0.567. The third-order valence-corrected chi connectivity index (χ3v) is 4.14. The summed E-state index contributed by atoms with van der Waals surface area (Å²) in [5.41, 5.74) is 1.37. The van der Waals surface area contributed by atoms with E-state index in [-0.39, 0.29) is 18.2 Å². The first-order valence-electron chi connectivity index (χ1n) is 8.45. The molecule has 0 bridgehead atoms. The van der Waals surface area contributed by atoms with Crippen LogP contribution in [0.15, 0.2) is 59.8 Å². The second kappa shape index (κ2) is 6.51. The molecule has 0 fully saturated rings. The molecule has 0 radical (unpaired) electrons. The zero-order valence-electron chi connectivity index (χ0n) is 14.6. The van der Waals surface area contributed by atoms with E-state index in [2.05, 4.69) is 20.1 Å². The molecule has 0 aliphatic heterocycles. The maximum Gasteiger partial charge on any atom is 0.347 e. The second-order valence-electron chi connectivity index (χ2n) is 6.34. The van der Waals surface area contributed by atoms with E-state index in [4.69, 9.17) is 0 Å². The van der Waals surface area contributed by atoms with Crippen LogP contribution in [0, 0.1) is 0 Å². The summed E-state index contributed by atoms with van der Waals surface area (Å²) in [6.45, 7) is 4.37. The summed E-state index contributed by atoms with van der Waals surface area (Å²) in [7, 11) is 0. The zero-order valence-corrected chi connectivity index (χ0v) is 14.6. The van der Waals surface area contributed by atoms with Gasteiger partial charge >= 0.3 is 5.69 Å². The van der Waals surface area contributed by atoms with Crippen molar-refractivity contribution in [2.75, 3.05) is 0 Å². The van der Waals surface area contributed by atoms with Crippen LogP contribution < -0.4 is 5.69 Å². The molecule has 0 saturated carbocycles. The Morgan fingerprint density at radius 2 is 1.85 bits per heavy atom. The van der Waals surface area contributed by atoms with Crippen molar-refractivity contribution in [1.29, 1.82) is 0 Å². The Morgan fingerprint density at radius 1 is 1.04 bits per heavy atom. The Kier molecular flexibility index (Phi) is 4.04. The van der Waals surface area contributed by atoms with Crippen LogP contribution in [0.2, 0.25) is 0 Å². The molecule has 0 aliphatic rings. The van der Waals surface area contributed by atoms with Crippen LogP contribution in [0.25, 0.3) is 16.6 Å². The SMILES string of the molecule is CC(C)c1nc(Cn2cccnc2=O)n(-c2cccc3cccnc23)n1. The Balaban J connectivity index is 1.90. The molecule has 3 aromatic heterocycles. The number of nitrogens with zero attached hydrogens (tertiary/aromatic N) is 6. The lowest BCUT2D eigenvalue weighted by molar-refractivity contribution is 0.665. The molecule has 3 heterocycles. The van der Waals surface area contributed by atoms with Crippen molar-refractivity contribution in [1.82, 2.24) is 29.3 Å². The third kappa shape index (κ3) is 2.88. The van der Waals surface area contributed by atoms with Gasteiger partial charge in [0.1, 0.15) is 0 Å². The predicted molar refractivity (Wildman–Crippen MR) is 98.3 cm³/mol. The first kappa shape index (κ1) is 16.1. The minimum atomic E-state index is -0.316. The fourth-order valence-corrected chi connectivity index (χ4v) is 2.82. The molecule has 0 atom stereocenters. The molecule has 4 rings (SSSR count). The molecule has 1 aromatic carbocycles. The lowest BCUT2D eigenvalue weighted by Crippen LogP contribution is -2.23. The molecule has 7 heteroatoms. The molecule has 0 amide bonds. The van der Waals surface area contributed by atoms with Gasteiger partial charge in [-0.15, -0.1) is 0 Å². The van der Waals surface area contributed by atoms with Crippen molar-refractivity contribution in [2.45, 2.75) is 26.3 Å². The number of benzene rings is 1. The number of rotatable bonds is 4. The van der Waals surface area contributed by atoms with Crippen molar-refractivity contribution < 1.29 is 0 Å². The number of fused-ring (bicyclic) bond motifs is 1. The lowest BCUT2D eigenvalue weighted by atomic mass is 10.2. The van der Waals surface area contributed by atoms with Crippen molar-refractivity contribution in [3.63, 3.8) is 0 Å². The van der Waals surface area contributed by atoms with Gasteiger partial charge in [-0.1, -0.05) is 32.0 Å². The molecule has 0 N–H and O–H groups in total. The van der Waals surface area contributed by atoms with Crippen molar-refractivity contribution in [3.05, 3.63) is 77.1 Å². The Labute approximate surface area is 150 Å². The van der Waals surface area contributed by atoms with E-state index >= 15 is 0 Å². The van der Waals surface area contributed by atoms with Crippen LogP contribution >= 0.6 is 0 Å². The predicted octanol–water partition coefficient (Wildman–Crippen LogP) is 2.54. The second-order valence-corrected chi connectivity index (χ2v) is 6.34. The fraction of sp³-hybridized carbons (Fsp3) is 0.211. The summed E-state index contributed by atoms with van der Waals surface area (Å²) in [6, 6.07) is 11.6. The molecule has 0 saturated heterocycles. The summed E-state index contributed by atoms with van der Waals surface area (Å²) in [4.78, 5) is 25.0. The van der Waals surface area contributed by atoms with Gasteiger partial charge in [0.25, 0.3) is 0 Å². The molecule has 4 aromatic rings. The number of para-hydroxylation sites is 1. The van der Waals surface area contributed by atoms with E-state index in [0.29, 0.717) is 5.82 Å². The minimum Gasteiger partial charge on any atom is -0.292 e. The van der Waals surface area contributed by atoms with Gasteiger partial charge in [-0.05, 0) is 18.2 Å². The standard InChI is InChI=1S/C19H18N6O/c1-13(2)18-22-16(12-24-11-5-10-21-19(24)26)25(23-18)15-8-3-6-14-7-4-9-20-17(14)15/h3-11,13H,12H2,1-2H3. The number of hydrogen-bond acceptors (Lipinski definition) is 5. The van der Waals surface area contributed by atoms with Crippen LogP contribution in [-0.4, -0.2) is 29.3 Å². The van der Waals surface area contributed by atoms with Gasteiger partial charge in [0, 0.05) is 29.9 Å². The highest BCUT2D eigenvalue weighted by Gasteiger charge is 2.17. The van der Waals surface area contributed by atoms with Crippen molar-refractivity contribution in [2.24, 2.45) is 0 Å². The lowest BCUT2D eigenvalue weighted by Gasteiger charge is -2.09. The first-order valence-corrected chi connectivity index (χ1v) is 8.45. The molecular weight excluding hydrogens is 328 g/mol. The van der Waals surface area contributed by atoms with E-state index in [1.165, 1.54) is 10.8 Å².